The lowest BCUT2D eigenvalue weighted by Crippen LogP contribution is -1.87. The summed E-state index contributed by atoms with van der Waals surface area (Å²) >= 11 is 6.92. The molecule has 1 aromatic heterocycles. The Morgan fingerprint density at radius 1 is 1.00 bits per heavy atom. The molecule has 0 bridgehead atoms. The zero-order chi connectivity index (χ0) is 14.8. The van der Waals surface area contributed by atoms with Crippen LogP contribution in [0.15, 0.2) is 62.0 Å². The third kappa shape index (κ3) is 3.04. The second kappa shape index (κ2) is 6.03. The van der Waals surface area contributed by atoms with Gasteiger partial charge in [0.2, 0.25) is 0 Å². The molecule has 0 amide bonds. The zero-order valence-corrected chi connectivity index (χ0v) is 14.3. The van der Waals surface area contributed by atoms with Gasteiger partial charge in [0.05, 0.1) is 7.11 Å². The Kier molecular flexibility index (Phi) is 4.12. The molecule has 0 fully saturated rings. The van der Waals surface area contributed by atoms with Crippen molar-refractivity contribution in [2.45, 2.75) is 0 Å². The van der Waals surface area contributed by atoms with Crippen molar-refractivity contribution in [1.82, 2.24) is 5.16 Å². The van der Waals surface area contributed by atoms with Crippen LogP contribution in [-0.4, -0.2) is 12.3 Å². The van der Waals surface area contributed by atoms with Gasteiger partial charge < -0.3 is 9.26 Å². The summed E-state index contributed by atoms with van der Waals surface area (Å²) in [4.78, 5) is 0. The summed E-state index contributed by atoms with van der Waals surface area (Å²) in [7, 11) is 1.64. The van der Waals surface area contributed by atoms with Crippen LogP contribution < -0.4 is 4.74 Å². The Bertz CT molecular complexity index is 783. The van der Waals surface area contributed by atoms with Gasteiger partial charge in [-0.3, -0.25) is 0 Å². The van der Waals surface area contributed by atoms with E-state index in [1.807, 2.05) is 48.5 Å². The van der Waals surface area contributed by atoms with E-state index in [0.717, 1.165) is 31.5 Å². The summed E-state index contributed by atoms with van der Waals surface area (Å²) in [5.41, 5.74) is 2.59. The largest absolute Gasteiger partial charge is 0.496 e. The molecule has 0 atom stereocenters. The molecule has 106 valence electrons. The maximum absolute atomic E-state index is 5.46. The first-order valence-corrected chi connectivity index (χ1v) is 7.82. The van der Waals surface area contributed by atoms with Crippen LogP contribution in [-0.2, 0) is 0 Å². The molecule has 0 unspecified atom stereocenters. The molecule has 1 heterocycles. The van der Waals surface area contributed by atoms with Gasteiger partial charge in [-0.05, 0) is 30.3 Å². The fraction of sp³-hybridized carbons (Fsp3) is 0.0625. The molecule has 5 heteroatoms. The summed E-state index contributed by atoms with van der Waals surface area (Å²) in [6.45, 7) is 0. The van der Waals surface area contributed by atoms with Crippen LogP contribution in [0.5, 0.6) is 5.75 Å². The minimum Gasteiger partial charge on any atom is -0.496 e. The van der Waals surface area contributed by atoms with E-state index < -0.39 is 0 Å². The average molecular weight is 409 g/mol. The fourth-order valence-electron chi connectivity index (χ4n) is 2.06. The van der Waals surface area contributed by atoms with Crippen LogP contribution in [0, 0.1) is 0 Å². The molecule has 0 saturated heterocycles. The highest BCUT2D eigenvalue weighted by molar-refractivity contribution is 9.10. The number of nitrogens with zero attached hydrogens (tertiary/aromatic N) is 1. The van der Waals surface area contributed by atoms with Crippen molar-refractivity contribution in [2.75, 3.05) is 7.11 Å². The van der Waals surface area contributed by atoms with Gasteiger partial charge in [-0.25, -0.2) is 0 Å². The van der Waals surface area contributed by atoms with Gasteiger partial charge in [0.1, 0.15) is 11.4 Å². The summed E-state index contributed by atoms with van der Waals surface area (Å²) in [5, 5.41) is 4.15. The van der Waals surface area contributed by atoms with E-state index in [9.17, 15) is 0 Å². The molecule has 3 rings (SSSR count). The molecule has 3 aromatic rings. The second-order valence-corrected chi connectivity index (χ2v) is 6.26. The Hall–Kier alpha value is -1.59. The predicted molar refractivity (Wildman–Crippen MR) is 89.3 cm³/mol. The van der Waals surface area contributed by atoms with Crippen LogP contribution in [0.2, 0.25) is 0 Å². The summed E-state index contributed by atoms with van der Waals surface area (Å²) in [5.74, 6) is 1.47. The first kappa shape index (κ1) is 14.4. The first-order valence-electron chi connectivity index (χ1n) is 6.24. The maximum Gasteiger partial charge on any atom is 0.167 e. The van der Waals surface area contributed by atoms with Crippen molar-refractivity contribution in [3.05, 3.63) is 57.5 Å². The smallest absolute Gasteiger partial charge is 0.167 e. The molecular formula is C16H11Br2NO2. The normalized spacial score (nSPS) is 10.6. The van der Waals surface area contributed by atoms with Gasteiger partial charge in [0.15, 0.2) is 5.76 Å². The number of hydrogen-bond acceptors (Lipinski definition) is 3. The van der Waals surface area contributed by atoms with Crippen molar-refractivity contribution in [3.8, 4) is 28.3 Å². The minimum atomic E-state index is 0.716. The van der Waals surface area contributed by atoms with E-state index in [-0.39, 0.29) is 0 Å². The average Bonchev–Trinajstić information content (AvgIpc) is 2.97. The van der Waals surface area contributed by atoms with Crippen molar-refractivity contribution in [2.24, 2.45) is 0 Å². The SMILES string of the molecule is COc1ccc(Br)cc1-c1cc(-c2cccc(Br)c2)on1. The third-order valence-electron chi connectivity index (χ3n) is 3.06. The molecule has 0 spiro atoms. The Labute approximate surface area is 139 Å². The molecule has 0 saturated carbocycles. The van der Waals surface area contributed by atoms with E-state index in [0.29, 0.717) is 5.76 Å². The second-order valence-electron chi connectivity index (χ2n) is 4.43. The maximum atomic E-state index is 5.46. The Morgan fingerprint density at radius 2 is 1.81 bits per heavy atom. The standard InChI is InChI=1S/C16H11Br2NO2/c1-20-15-6-5-12(18)8-13(15)14-9-16(21-19-14)10-3-2-4-11(17)7-10/h2-9H,1H3. The lowest BCUT2D eigenvalue weighted by molar-refractivity contribution is 0.413. The van der Waals surface area contributed by atoms with E-state index in [2.05, 4.69) is 37.0 Å². The summed E-state index contributed by atoms with van der Waals surface area (Å²) in [6, 6.07) is 15.6. The van der Waals surface area contributed by atoms with Gasteiger partial charge >= 0.3 is 0 Å². The van der Waals surface area contributed by atoms with Crippen molar-refractivity contribution < 1.29 is 9.26 Å². The lowest BCUT2D eigenvalue weighted by Gasteiger charge is -2.05. The van der Waals surface area contributed by atoms with Gasteiger partial charge in [-0.1, -0.05) is 49.1 Å². The van der Waals surface area contributed by atoms with Crippen LogP contribution >= 0.6 is 31.9 Å². The predicted octanol–water partition coefficient (Wildman–Crippen LogP) is 5.54. The van der Waals surface area contributed by atoms with Gasteiger partial charge in [0, 0.05) is 26.1 Å². The van der Waals surface area contributed by atoms with E-state index in [1.54, 1.807) is 7.11 Å². The van der Waals surface area contributed by atoms with Gasteiger partial charge in [0.25, 0.3) is 0 Å². The van der Waals surface area contributed by atoms with Gasteiger partial charge in [-0.2, -0.15) is 0 Å². The molecule has 0 aliphatic rings. The van der Waals surface area contributed by atoms with Crippen LogP contribution in [0.3, 0.4) is 0 Å². The first-order chi connectivity index (χ1) is 10.2. The Morgan fingerprint density at radius 3 is 2.57 bits per heavy atom. The summed E-state index contributed by atoms with van der Waals surface area (Å²) < 4.78 is 12.8. The molecular weight excluding hydrogens is 398 g/mol. The van der Waals surface area contributed by atoms with E-state index in [1.165, 1.54) is 0 Å². The summed E-state index contributed by atoms with van der Waals surface area (Å²) in [6.07, 6.45) is 0. The molecule has 0 aliphatic heterocycles. The highest BCUT2D eigenvalue weighted by Crippen LogP contribution is 2.34. The van der Waals surface area contributed by atoms with E-state index in [4.69, 9.17) is 9.26 Å². The lowest BCUT2D eigenvalue weighted by atomic mass is 10.1. The van der Waals surface area contributed by atoms with Crippen LogP contribution in [0.4, 0.5) is 0 Å². The highest BCUT2D eigenvalue weighted by Gasteiger charge is 2.13. The van der Waals surface area contributed by atoms with Crippen molar-refractivity contribution in [3.63, 3.8) is 0 Å². The van der Waals surface area contributed by atoms with Crippen LogP contribution in [0.1, 0.15) is 0 Å². The van der Waals surface area contributed by atoms with Crippen LogP contribution in [0.25, 0.3) is 22.6 Å². The number of aromatic nitrogens is 1. The minimum absolute atomic E-state index is 0.716. The zero-order valence-electron chi connectivity index (χ0n) is 11.1. The number of rotatable bonds is 3. The fourth-order valence-corrected chi connectivity index (χ4v) is 2.82. The van der Waals surface area contributed by atoms with E-state index >= 15 is 0 Å². The van der Waals surface area contributed by atoms with Gasteiger partial charge in [-0.15, -0.1) is 0 Å². The number of hydrogen-bond donors (Lipinski definition) is 0. The Balaban J connectivity index is 2.04. The molecule has 0 radical (unpaired) electrons. The number of benzene rings is 2. The molecule has 2 aromatic carbocycles. The highest BCUT2D eigenvalue weighted by atomic mass is 79.9. The quantitative estimate of drug-likeness (QED) is 0.570. The third-order valence-corrected chi connectivity index (χ3v) is 4.04. The molecule has 21 heavy (non-hydrogen) atoms. The number of ether oxygens (including phenoxy) is 1. The van der Waals surface area contributed by atoms with Crippen molar-refractivity contribution >= 4 is 31.9 Å². The molecule has 0 aliphatic carbocycles. The topological polar surface area (TPSA) is 35.3 Å². The molecule has 3 nitrogen and oxygen atoms in total. The molecule has 0 N–H and O–H groups in total. The van der Waals surface area contributed by atoms with Crippen molar-refractivity contribution in [1.29, 1.82) is 0 Å². The number of methoxy groups -OCH3 is 1. The monoisotopic (exact) mass is 407 g/mol. The number of halogens is 2.